The molecule has 3 aromatic heterocycles. The summed E-state index contributed by atoms with van der Waals surface area (Å²) in [4.78, 5) is 17.4. The van der Waals surface area contributed by atoms with Crippen LogP contribution in [0, 0.1) is 11.3 Å². The minimum absolute atomic E-state index is 0.0696. The zero-order valence-electron chi connectivity index (χ0n) is 19.2. The number of fused-ring (bicyclic) bond motifs is 2. The van der Waals surface area contributed by atoms with Crippen molar-refractivity contribution in [2.45, 2.75) is 24.9 Å². The van der Waals surface area contributed by atoms with Gasteiger partial charge >= 0.3 is 6.18 Å². The number of nitrogens with one attached hydrogen (secondary N) is 2. The topological polar surface area (TPSA) is 103 Å². The summed E-state index contributed by atoms with van der Waals surface area (Å²) in [6.45, 7) is 0.300. The molecule has 8 nitrogen and oxygen atoms in total. The highest BCUT2D eigenvalue weighted by Gasteiger charge is 2.31. The van der Waals surface area contributed by atoms with Crippen LogP contribution in [0.3, 0.4) is 0 Å². The molecule has 2 N–H and O–H groups in total. The Balaban J connectivity index is 1.67. The standard InChI is InChI=1S/C24H23F3N6O2/c1-33-7-5-13(6-8-33)15-3-4-17-20(21(15)35-12-24(25,26)27)32-22(31-17)18-19-16(11-30-23(18)34-2)14(9-28)10-29-19/h3-4,10-11,13,29H,5-8,12H2,1-2H3,(H,31,32). The third-order valence-electron chi connectivity index (χ3n) is 6.42. The number of nitrogens with zero attached hydrogens (tertiary/aromatic N) is 4. The fraction of sp³-hybridized carbons (Fsp3) is 0.375. The number of aromatic nitrogens is 4. The van der Waals surface area contributed by atoms with E-state index in [1.54, 1.807) is 6.20 Å². The van der Waals surface area contributed by atoms with Crippen molar-refractivity contribution in [3.8, 4) is 29.1 Å². The number of imidazole rings is 1. The number of benzene rings is 1. The summed E-state index contributed by atoms with van der Waals surface area (Å²) >= 11 is 0. The first-order chi connectivity index (χ1) is 16.8. The van der Waals surface area contributed by atoms with Crippen molar-refractivity contribution < 1.29 is 22.6 Å². The van der Waals surface area contributed by atoms with Gasteiger partial charge in [0, 0.05) is 17.8 Å². The van der Waals surface area contributed by atoms with Crippen LogP contribution in [0.2, 0.25) is 0 Å². The molecule has 4 aromatic rings. The predicted octanol–water partition coefficient (Wildman–Crippen LogP) is 4.74. The van der Waals surface area contributed by atoms with Crippen LogP contribution in [-0.2, 0) is 0 Å². The Labute approximate surface area is 198 Å². The first-order valence-electron chi connectivity index (χ1n) is 11.1. The zero-order valence-corrected chi connectivity index (χ0v) is 19.2. The van der Waals surface area contributed by atoms with Gasteiger partial charge in [-0.15, -0.1) is 0 Å². The number of halogens is 3. The molecule has 35 heavy (non-hydrogen) atoms. The van der Waals surface area contributed by atoms with Gasteiger partial charge in [-0.05, 0) is 50.5 Å². The third-order valence-corrected chi connectivity index (χ3v) is 6.42. The normalized spacial score (nSPS) is 15.5. The number of hydrogen-bond acceptors (Lipinski definition) is 6. The maximum Gasteiger partial charge on any atom is 0.422 e. The van der Waals surface area contributed by atoms with Crippen LogP contribution in [0.15, 0.2) is 24.5 Å². The Kier molecular flexibility index (Phi) is 5.76. The predicted molar refractivity (Wildman–Crippen MR) is 123 cm³/mol. The lowest BCUT2D eigenvalue weighted by molar-refractivity contribution is -0.153. The van der Waals surface area contributed by atoms with Gasteiger partial charge in [0.05, 0.1) is 23.7 Å². The van der Waals surface area contributed by atoms with Crippen LogP contribution in [0.25, 0.3) is 33.3 Å². The van der Waals surface area contributed by atoms with Gasteiger partial charge in [0.2, 0.25) is 5.88 Å². The molecule has 1 aliphatic heterocycles. The molecule has 5 rings (SSSR count). The van der Waals surface area contributed by atoms with Crippen molar-refractivity contribution in [1.82, 2.24) is 24.8 Å². The van der Waals surface area contributed by atoms with Gasteiger partial charge in [-0.3, -0.25) is 0 Å². The van der Waals surface area contributed by atoms with Gasteiger partial charge in [-0.25, -0.2) is 9.97 Å². The summed E-state index contributed by atoms with van der Waals surface area (Å²) in [7, 11) is 3.49. The van der Waals surface area contributed by atoms with Crippen LogP contribution in [-0.4, -0.2) is 64.9 Å². The van der Waals surface area contributed by atoms with Gasteiger partial charge in [-0.2, -0.15) is 18.4 Å². The van der Waals surface area contributed by atoms with Gasteiger partial charge in [-0.1, -0.05) is 6.07 Å². The monoisotopic (exact) mass is 484 g/mol. The van der Waals surface area contributed by atoms with E-state index in [-0.39, 0.29) is 17.5 Å². The molecule has 0 bridgehead atoms. The van der Waals surface area contributed by atoms with Crippen LogP contribution < -0.4 is 9.47 Å². The number of methoxy groups -OCH3 is 1. The van der Waals surface area contributed by atoms with Crippen molar-refractivity contribution in [3.05, 3.63) is 35.7 Å². The van der Waals surface area contributed by atoms with E-state index in [4.69, 9.17) is 9.47 Å². The van der Waals surface area contributed by atoms with Crippen LogP contribution >= 0.6 is 0 Å². The van der Waals surface area contributed by atoms with E-state index in [1.807, 2.05) is 19.2 Å². The molecule has 1 saturated heterocycles. The molecular formula is C24H23F3N6O2. The summed E-state index contributed by atoms with van der Waals surface area (Å²) in [5.41, 5.74) is 3.03. The van der Waals surface area contributed by atoms with E-state index >= 15 is 0 Å². The number of hydrogen-bond donors (Lipinski definition) is 2. The molecule has 1 fully saturated rings. The average molecular weight is 484 g/mol. The maximum atomic E-state index is 13.1. The summed E-state index contributed by atoms with van der Waals surface area (Å²) in [5.74, 6) is 0.815. The minimum Gasteiger partial charge on any atom is -0.481 e. The molecular weight excluding hydrogens is 461 g/mol. The molecule has 0 unspecified atom stereocenters. The summed E-state index contributed by atoms with van der Waals surface area (Å²) in [5, 5.41) is 9.98. The molecule has 0 atom stereocenters. The average Bonchev–Trinajstić information content (AvgIpc) is 3.45. The Morgan fingerprint density at radius 2 is 2.03 bits per heavy atom. The Bertz CT molecular complexity index is 1430. The van der Waals surface area contributed by atoms with Gasteiger partial charge in [0.1, 0.15) is 23.0 Å². The van der Waals surface area contributed by atoms with E-state index in [1.165, 1.54) is 13.3 Å². The summed E-state index contributed by atoms with van der Waals surface area (Å²) < 4.78 is 50.2. The fourth-order valence-corrected chi connectivity index (χ4v) is 4.67. The van der Waals surface area contributed by atoms with Crippen molar-refractivity contribution >= 4 is 21.9 Å². The van der Waals surface area contributed by atoms with Crippen LogP contribution in [0.1, 0.15) is 29.9 Å². The summed E-state index contributed by atoms with van der Waals surface area (Å²) in [6, 6.07) is 5.75. The van der Waals surface area contributed by atoms with E-state index in [9.17, 15) is 18.4 Å². The van der Waals surface area contributed by atoms with Crippen molar-refractivity contribution in [2.24, 2.45) is 0 Å². The molecule has 182 valence electrons. The SMILES string of the molecule is COc1ncc2c(C#N)c[nH]c2c1-c1nc2c(OCC(F)(F)F)c(C3CCN(C)CC3)ccc2[nH]1. The first kappa shape index (κ1) is 23.0. The van der Waals surface area contributed by atoms with E-state index in [0.717, 1.165) is 31.5 Å². The Morgan fingerprint density at radius 1 is 1.26 bits per heavy atom. The van der Waals surface area contributed by atoms with E-state index in [0.29, 0.717) is 38.9 Å². The second kappa shape index (κ2) is 8.78. The Hall–Kier alpha value is -3.78. The number of H-pyrrole nitrogens is 2. The maximum absolute atomic E-state index is 13.1. The second-order valence-corrected chi connectivity index (χ2v) is 8.69. The highest BCUT2D eigenvalue weighted by molar-refractivity contribution is 5.99. The van der Waals surface area contributed by atoms with E-state index in [2.05, 4.69) is 30.9 Å². The molecule has 1 aliphatic rings. The minimum atomic E-state index is -4.48. The summed E-state index contributed by atoms with van der Waals surface area (Å²) in [6.07, 6.45) is 0.248. The van der Waals surface area contributed by atoms with Crippen molar-refractivity contribution in [1.29, 1.82) is 5.26 Å². The number of pyridine rings is 1. The molecule has 0 saturated carbocycles. The smallest absolute Gasteiger partial charge is 0.422 e. The first-order valence-corrected chi connectivity index (χ1v) is 11.1. The number of nitriles is 1. The van der Waals surface area contributed by atoms with Crippen molar-refractivity contribution in [3.63, 3.8) is 0 Å². The molecule has 1 aromatic carbocycles. The van der Waals surface area contributed by atoms with Gasteiger partial charge < -0.3 is 24.3 Å². The molecule has 0 aliphatic carbocycles. The number of piperidine rings is 1. The second-order valence-electron chi connectivity index (χ2n) is 8.69. The molecule has 11 heteroatoms. The van der Waals surface area contributed by atoms with Crippen LogP contribution in [0.5, 0.6) is 11.6 Å². The lowest BCUT2D eigenvalue weighted by Crippen LogP contribution is -2.29. The lowest BCUT2D eigenvalue weighted by atomic mass is 9.88. The number of ether oxygens (including phenoxy) is 2. The third kappa shape index (κ3) is 4.25. The van der Waals surface area contributed by atoms with Crippen LogP contribution in [0.4, 0.5) is 13.2 Å². The number of alkyl halides is 3. The largest absolute Gasteiger partial charge is 0.481 e. The highest BCUT2D eigenvalue weighted by Crippen LogP contribution is 2.41. The highest BCUT2D eigenvalue weighted by atomic mass is 19.4. The molecule has 0 amide bonds. The number of likely N-dealkylation sites (tertiary alicyclic amines) is 1. The lowest BCUT2D eigenvalue weighted by Gasteiger charge is -2.30. The molecule has 0 spiro atoms. The van der Waals surface area contributed by atoms with Crippen molar-refractivity contribution in [2.75, 3.05) is 33.9 Å². The van der Waals surface area contributed by atoms with E-state index < -0.39 is 12.8 Å². The number of aromatic amines is 2. The van der Waals surface area contributed by atoms with Gasteiger partial charge in [0.25, 0.3) is 0 Å². The quantitative estimate of drug-likeness (QED) is 0.424. The zero-order chi connectivity index (χ0) is 24.7. The Morgan fingerprint density at radius 3 is 2.71 bits per heavy atom. The molecule has 4 heterocycles. The van der Waals surface area contributed by atoms with Gasteiger partial charge in [0.15, 0.2) is 12.4 Å². The fourth-order valence-electron chi connectivity index (χ4n) is 4.67. The molecule has 0 radical (unpaired) electrons. The number of rotatable bonds is 5.